The quantitative estimate of drug-likeness (QED) is 0.149. The van der Waals surface area contributed by atoms with E-state index in [2.05, 4.69) is 157 Å². The van der Waals surface area contributed by atoms with E-state index in [9.17, 15) is 0 Å². The van der Waals surface area contributed by atoms with Crippen molar-refractivity contribution in [2.75, 3.05) is 0 Å². The Morgan fingerprint density at radius 1 is 0.704 bits per heavy atom. The van der Waals surface area contributed by atoms with Gasteiger partial charge >= 0.3 is 0 Å². The standard InChI is InChI=1S/C38H31N2S.C11H8N.Ir/c1-25(2)20-27-18-19-36-32(23-27)33(24-41-36)38-39-34-16-10-11-17-35(34)40(38)37-30(28-12-6-4-7-13-28)21-26(3)22-31(37)29-14-8-5-9-15-29;1-2-6-10(7-3-1)11-8-4-5-9-12-11;/h4-19,21-23,25H,20H2,1-3H3;1-6,8-9H;/q2*-1;. The van der Waals surface area contributed by atoms with E-state index in [1.54, 1.807) is 17.5 Å². The van der Waals surface area contributed by atoms with Crippen LogP contribution in [-0.4, -0.2) is 14.5 Å². The maximum absolute atomic E-state index is 5.30. The average Bonchev–Trinajstić information content (AvgIpc) is 3.80. The smallest absolute Gasteiger partial charge is 0.0774 e. The minimum absolute atomic E-state index is 0. The first-order chi connectivity index (χ1) is 26.0. The van der Waals surface area contributed by atoms with E-state index in [0.717, 1.165) is 45.8 Å². The third kappa shape index (κ3) is 7.76. The maximum Gasteiger partial charge on any atom is 0.0774 e. The van der Waals surface area contributed by atoms with Crippen LogP contribution in [0.25, 0.3) is 71.7 Å². The molecule has 0 atom stereocenters. The number of para-hydroxylation sites is 2. The Morgan fingerprint density at radius 2 is 1.37 bits per heavy atom. The summed E-state index contributed by atoms with van der Waals surface area (Å²) < 4.78 is 3.62. The van der Waals surface area contributed by atoms with Crippen molar-refractivity contribution in [3.8, 4) is 50.6 Å². The summed E-state index contributed by atoms with van der Waals surface area (Å²) in [4.78, 5) is 9.52. The van der Waals surface area contributed by atoms with E-state index in [1.165, 1.54) is 43.5 Å². The monoisotopic (exact) mass is 894 g/mol. The molecule has 0 bridgehead atoms. The van der Waals surface area contributed by atoms with Crippen molar-refractivity contribution in [1.29, 1.82) is 0 Å². The van der Waals surface area contributed by atoms with Crippen molar-refractivity contribution < 1.29 is 20.1 Å². The molecule has 5 heteroatoms. The molecule has 54 heavy (non-hydrogen) atoms. The second-order valence-corrected chi connectivity index (χ2v) is 14.5. The van der Waals surface area contributed by atoms with Gasteiger partial charge in [0.05, 0.1) is 22.5 Å². The number of aryl methyl sites for hydroxylation is 1. The van der Waals surface area contributed by atoms with Crippen molar-refractivity contribution in [3.63, 3.8) is 0 Å². The van der Waals surface area contributed by atoms with Gasteiger partial charge in [-0.05, 0) is 72.0 Å². The van der Waals surface area contributed by atoms with Gasteiger partial charge in [-0.1, -0.05) is 132 Å². The summed E-state index contributed by atoms with van der Waals surface area (Å²) in [6, 6.07) is 58.2. The molecule has 0 aliphatic carbocycles. The number of hydrogen-bond acceptors (Lipinski definition) is 3. The average molecular weight is 894 g/mol. The Hall–Kier alpha value is -5.45. The Kier molecular flexibility index (Phi) is 11.4. The van der Waals surface area contributed by atoms with Crippen LogP contribution in [0.15, 0.2) is 164 Å². The minimum atomic E-state index is 0. The molecule has 0 aliphatic heterocycles. The number of imidazole rings is 1. The number of thiophene rings is 1. The molecular formula is C49H39IrN3S-2. The molecule has 0 saturated carbocycles. The van der Waals surface area contributed by atoms with Crippen LogP contribution in [0.5, 0.6) is 0 Å². The summed E-state index contributed by atoms with van der Waals surface area (Å²) in [6.07, 6.45) is 2.84. The molecule has 9 rings (SSSR count). The summed E-state index contributed by atoms with van der Waals surface area (Å²) in [5.41, 5.74) is 13.6. The molecule has 267 valence electrons. The Labute approximate surface area is 335 Å². The number of pyridine rings is 1. The first-order valence-electron chi connectivity index (χ1n) is 18.1. The van der Waals surface area contributed by atoms with Crippen LogP contribution in [0.2, 0.25) is 0 Å². The van der Waals surface area contributed by atoms with E-state index in [1.807, 2.05) is 42.5 Å². The number of rotatable bonds is 7. The Bertz CT molecular complexity index is 2510. The predicted molar refractivity (Wildman–Crippen MR) is 223 cm³/mol. The number of aromatic nitrogens is 3. The molecule has 3 heterocycles. The van der Waals surface area contributed by atoms with Gasteiger partial charge < -0.3 is 9.55 Å². The number of nitrogens with zero attached hydrogens (tertiary/aromatic N) is 3. The Balaban J connectivity index is 0.000000294. The molecule has 3 nitrogen and oxygen atoms in total. The second-order valence-electron chi connectivity index (χ2n) is 13.7. The number of fused-ring (bicyclic) bond motifs is 2. The molecular weight excluding hydrogens is 855 g/mol. The fraction of sp³-hybridized carbons (Fsp3) is 0.102. The molecule has 1 radical (unpaired) electrons. The predicted octanol–water partition coefficient (Wildman–Crippen LogP) is 13.1. The molecule has 0 N–H and O–H groups in total. The SMILES string of the molecule is Cc1cc(-c2ccccc2)c(-n2c(-c3[c-]sc4ccc(CC(C)C)cc34)nc3ccccc32)c(-c2ccccc2)c1.[Ir].[c-]1ccccc1-c1ccccn1. The van der Waals surface area contributed by atoms with Crippen LogP contribution < -0.4 is 0 Å². The third-order valence-electron chi connectivity index (χ3n) is 9.30. The van der Waals surface area contributed by atoms with Gasteiger partial charge in [0.2, 0.25) is 0 Å². The van der Waals surface area contributed by atoms with Crippen LogP contribution in [0.4, 0.5) is 0 Å². The third-order valence-corrected chi connectivity index (χ3v) is 10.2. The van der Waals surface area contributed by atoms with Crippen molar-refractivity contribution in [2.24, 2.45) is 5.92 Å². The molecule has 6 aromatic carbocycles. The van der Waals surface area contributed by atoms with Crippen molar-refractivity contribution in [2.45, 2.75) is 27.2 Å². The van der Waals surface area contributed by atoms with Gasteiger partial charge in [0.1, 0.15) is 0 Å². The summed E-state index contributed by atoms with van der Waals surface area (Å²) in [5, 5.41) is 4.89. The molecule has 0 spiro atoms. The second kappa shape index (κ2) is 16.7. The summed E-state index contributed by atoms with van der Waals surface area (Å²) >= 11 is 1.68. The zero-order chi connectivity index (χ0) is 36.1. The molecule has 0 aliphatic rings. The maximum atomic E-state index is 5.30. The summed E-state index contributed by atoms with van der Waals surface area (Å²) in [6.45, 7) is 6.74. The van der Waals surface area contributed by atoms with Crippen LogP contribution in [0, 0.1) is 24.3 Å². The van der Waals surface area contributed by atoms with Crippen LogP contribution >= 0.6 is 11.3 Å². The fourth-order valence-electron chi connectivity index (χ4n) is 6.98. The summed E-state index contributed by atoms with van der Waals surface area (Å²) in [7, 11) is 0. The van der Waals surface area contributed by atoms with Crippen LogP contribution in [0.1, 0.15) is 25.0 Å². The number of benzene rings is 6. The zero-order valence-corrected chi connectivity index (χ0v) is 33.7. The van der Waals surface area contributed by atoms with Crippen molar-refractivity contribution in [3.05, 3.63) is 186 Å². The van der Waals surface area contributed by atoms with Crippen molar-refractivity contribution in [1.82, 2.24) is 14.5 Å². The first-order valence-corrected chi connectivity index (χ1v) is 18.9. The molecule has 0 amide bonds. The topological polar surface area (TPSA) is 30.7 Å². The van der Waals surface area contributed by atoms with E-state index in [-0.39, 0.29) is 20.1 Å². The Morgan fingerprint density at radius 3 is 2.02 bits per heavy atom. The molecule has 0 saturated heterocycles. The largest absolute Gasteiger partial charge is 0.332 e. The van der Waals surface area contributed by atoms with Gasteiger partial charge in [-0.25, -0.2) is 0 Å². The van der Waals surface area contributed by atoms with Gasteiger partial charge in [-0.2, -0.15) is 0 Å². The van der Waals surface area contributed by atoms with Crippen LogP contribution in [-0.2, 0) is 26.5 Å². The molecule has 9 aromatic rings. The molecule has 0 fully saturated rings. The number of hydrogen-bond donors (Lipinski definition) is 0. The van der Waals surface area contributed by atoms with Gasteiger partial charge in [0, 0.05) is 37.4 Å². The van der Waals surface area contributed by atoms with E-state index in [4.69, 9.17) is 4.98 Å². The molecule has 0 unspecified atom stereocenters. The zero-order valence-electron chi connectivity index (χ0n) is 30.5. The van der Waals surface area contributed by atoms with Gasteiger partial charge in [0.15, 0.2) is 0 Å². The molecule has 3 aromatic heterocycles. The normalized spacial score (nSPS) is 11.0. The van der Waals surface area contributed by atoms with Gasteiger partial charge in [-0.3, -0.25) is 16.3 Å². The fourth-order valence-corrected chi connectivity index (χ4v) is 7.80. The first kappa shape index (κ1) is 36.9. The summed E-state index contributed by atoms with van der Waals surface area (Å²) in [5.74, 6) is 1.52. The van der Waals surface area contributed by atoms with Crippen molar-refractivity contribution >= 4 is 32.5 Å². The van der Waals surface area contributed by atoms with E-state index >= 15 is 0 Å². The van der Waals surface area contributed by atoms with Gasteiger partial charge in [-0.15, -0.1) is 47.3 Å². The van der Waals surface area contributed by atoms with E-state index in [0.29, 0.717) is 5.92 Å². The minimum Gasteiger partial charge on any atom is -0.332 e. The van der Waals surface area contributed by atoms with Crippen LogP contribution in [0.3, 0.4) is 0 Å². The van der Waals surface area contributed by atoms with E-state index < -0.39 is 0 Å². The van der Waals surface area contributed by atoms with Gasteiger partial charge in [0.25, 0.3) is 0 Å².